The molecule has 0 spiro atoms. The number of nitrogens with zero attached hydrogens (tertiary/aromatic N) is 4. The molecule has 5 nitrogen and oxygen atoms in total. The molecular weight excluding hydrogens is 400 g/mol. The molecule has 0 saturated heterocycles. The zero-order valence-corrected chi connectivity index (χ0v) is 17.8. The van der Waals surface area contributed by atoms with Crippen molar-refractivity contribution in [3.8, 4) is 5.69 Å². The summed E-state index contributed by atoms with van der Waals surface area (Å²) < 4.78 is 2.06. The van der Waals surface area contributed by atoms with E-state index in [4.69, 9.17) is 16.7 Å². The summed E-state index contributed by atoms with van der Waals surface area (Å²) in [5.74, 6) is 1.67. The van der Waals surface area contributed by atoms with Gasteiger partial charge in [-0.25, -0.2) is 0 Å². The Balaban J connectivity index is 1.83. The van der Waals surface area contributed by atoms with Gasteiger partial charge in [-0.2, -0.15) is 0 Å². The lowest BCUT2D eigenvalue weighted by Crippen LogP contribution is -2.19. The van der Waals surface area contributed by atoms with Crippen molar-refractivity contribution in [1.29, 1.82) is 0 Å². The van der Waals surface area contributed by atoms with Crippen molar-refractivity contribution in [1.82, 2.24) is 19.7 Å². The van der Waals surface area contributed by atoms with Gasteiger partial charge in [0.25, 0.3) is 0 Å². The summed E-state index contributed by atoms with van der Waals surface area (Å²) >= 11 is 9.62. The number of aryl methyl sites for hydroxylation is 1. The highest BCUT2D eigenvalue weighted by molar-refractivity contribution is 7.99. The summed E-state index contributed by atoms with van der Waals surface area (Å²) in [6.07, 6.45) is 0.722. The van der Waals surface area contributed by atoms with E-state index in [9.17, 15) is 0 Å². The Morgan fingerprint density at radius 2 is 2.07 bits per heavy atom. The normalized spacial score (nSPS) is 11.4. The highest BCUT2D eigenvalue weighted by Crippen LogP contribution is 2.25. The lowest BCUT2D eigenvalue weighted by molar-refractivity contribution is 0.296. The van der Waals surface area contributed by atoms with Crippen LogP contribution in [0.3, 0.4) is 0 Å². The smallest absolute Gasteiger partial charge is 0.195 e. The van der Waals surface area contributed by atoms with Gasteiger partial charge in [0.05, 0.1) is 12.2 Å². The van der Waals surface area contributed by atoms with Crippen LogP contribution >= 0.6 is 34.7 Å². The van der Waals surface area contributed by atoms with Crippen LogP contribution in [-0.2, 0) is 13.1 Å². The molecule has 0 fully saturated rings. The summed E-state index contributed by atoms with van der Waals surface area (Å²) in [6, 6.07) is 12.1. The highest BCUT2D eigenvalue weighted by Gasteiger charge is 2.16. The number of rotatable bonds is 9. The molecule has 0 radical (unpaired) electrons. The average Bonchev–Trinajstić information content (AvgIpc) is 3.21. The van der Waals surface area contributed by atoms with E-state index in [1.165, 1.54) is 9.75 Å². The van der Waals surface area contributed by atoms with Gasteiger partial charge in [-0.15, -0.1) is 21.5 Å². The third-order valence-corrected chi connectivity index (χ3v) is 6.17. The maximum absolute atomic E-state index is 9.05. The Morgan fingerprint density at radius 3 is 2.78 bits per heavy atom. The van der Waals surface area contributed by atoms with Gasteiger partial charge in [0.1, 0.15) is 0 Å². The number of benzene rings is 1. The number of hydrogen-bond acceptors (Lipinski definition) is 6. The Bertz CT molecular complexity index is 880. The number of thiophene rings is 1. The highest BCUT2D eigenvalue weighted by atomic mass is 35.5. The van der Waals surface area contributed by atoms with E-state index in [0.717, 1.165) is 35.4 Å². The minimum atomic E-state index is 0.175. The Hall–Kier alpha value is -1.38. The maximum atomic E-state index is 9.05. The van der Waals surface area contributed by atoms with E-state index in [0.29, 0.717) is 11.6 Å². The molecule has 1 aromatic carbocycles. The molecule has 0 bridgehead atoms. The molecule has 0 aliphatic heterocycles. The lowest BCUT2D eigenvalue weighted by Gasteiger charge is -2.17. The number of aromatic nitrogens is 3. The molecular formula is C19H23ClN4OS2. The van der Waals surface area contributed by atoms with E-state index in [1.54, 1.807) is 11.8 Å². The number of thioether (sulfide) groups is 1. The van der Waals surface area contributed by atoms with E-state index < -0.39 is 0 Å². The summed E-state index contributed by atoms with van der Waals surface area (Å²) in [5.41, 5.74) is 0.953. The first-order chi connectivity index (χ1) is 13.1. The van der Waals surface area contributed by atoms with Crippen molar-refractivity contribution in [2.45, 2.75) is 31.6 Å². The first kappa shape index (κ1) is 20.4. The zero-order valence-electron chi connectivity index (χ0n) is 15.4. The van der Waals surface area contributed by atoms with Crippen LogP contribution in [0.5, 0.6) is 0 Å². The fraction of sp³-hybridized carbons (Fsp3) is 0.368. The van der Waals surface area contributed by atoms with E-state index in [1.807, 2.05) is 35.6 Å². The van der Waals surface area contributed by atoms with Crippen LogP contribution in [-0.4, -0.2) is 44.2 Å². The molecule has 0 saturated carbocycles. The Kier molecular flexibility index (Phi) is 7.32. The van der Waals surface area contributed by atoms with E-state index >= 15 is 0 Å². The molecule has 0 aliphatic rings. The largest absolute Gasteiger partial charge is 0.396 e. The summed E-state index contributed by atoms with van der Waals surface area (Å²) in [6.45, 7) is 3.85. The third kappa shape index (κ3) is 5.56. The van der Waals surface area contributed by atoms with Crippen LogP contribution in [0.4, 0.5) is 0 Å². The van der Waals surface area contributed by atoms with Crippen LogP contribution in [0.1, 0.15) is 22.0 Å². The topological polar surface area (TPSA) is 54.2 Å². The van der Waals surface area contributed by atoms with Crippen LogP contribution in [0.25, 0.3) is 5.69 Å². The van der Waals surface area contributed by atoms with Gasteiger partial charge >= 0.3 is 0 Å². The van der Waals surface area contributed by atoms with Gasteiger partial charge in [-0.1, -0.05) is 29.4 Å². The summed E-state index contributed by atoms with van der Waals surface area (Å²) in [7, 11) is 2.09. The average molecular weight is 423 g/mol. The van der Waals surface area contributed by atoms with Gasteiger partial charge in [0.15, 0.2) is 11.0 Å². The molecule has 3 aromatic rings. The first-order valence-corrected chi connectivity index (χ1v) is 10.9. The predicted molar refractivity (Wildman–Crippen MR) is 113 cm³/mol. The lowest BCUT2D eigenvalue weighted by atomic mass is 10.3. The quantitative estimate of drug-likeness (QED) is 0.409. The second-order valence-corrected chi connectivity index (χ2v) is 9.20. The fourth-order valence-corrected chi connectivity index (χ4v) is 4.78. The fourth-order valence-electron chi connectivity index (χ4n) is 2.73. The molecule has 0 atom stereocenters. The molecule has 0 amide bonds. The van der Waals surface area contributed by atoms with Crippen LogP contribution in [0.2, 0.25) is 5.02 Å². The summed E-state index contributed by atoms with van der Waals surface area (Å²) in [4.78, 5) is 4.89. The van der Waals surface area contributed by atoms with Crippen LogP contribution < -0.4 is 0 Å². The van der Waals surface area contributed by atoms with Crippen LogP contribution in [0, 0.1) is 6.92 Å². The van der Waals surface area contributed by atoms with Gasteiger partial charge < -0.3 is 5.11 Å². The van der Waals surface area contributed by atoms with Gasteiger partial charge in [0.2, 0.25) is 0 Å². The summed E-state index contributed by atoms with van der Waals surface area (Å²) in [5, 5.41) is 19.4. The van der Waals surface area contributed by atoms with Crippen molar-refractivity contribution < 1.29 is 5.11 Å². The molecule has 3 rings (SSSR count). The third-order valence-electron chi connectivity index (χ3n) is 3.93. The maximum Gasteiger partial charge on any atom is 0.195 e. The van der Waals surface area contributed by atoms with E-state index in [-0.39, 0.29) is 6.61 Å². The second kappa shape index (κ2) is 9.71. The molecule has 0 unspecified atom stereocenters. The first-order valence-electron chi connectivity index (χ1n) is 8.74. The van der Waals surface area contributed by atoms with Gasteiger partial charge in [-0.3, -0.25) is 9.47 Å². The second-order valence-electron chi connectivity index (χ2n) is 6.32. The van der Waals surface area contributed by atoms with Crippen LogP contribution in [0.15, 0.2) is 41.6 Å². The number of hydrogen-bond donors (Lipinski definition) is 1. The predicted octanol–water partition coefficient (Wildman–Crippen LogP) is 4.40. The molecule has 2 aromatic heterocycles. The van der Waals surface area contributed by atoms with Gasteiger partial charge in [-0.05, 0) is 50.7 Å². The standard InChI is InChI=1S/C19H23ClN4OS2/c1-14-7-8-17(27-14)12-23(2)13-18-21-22-19(26-10-4-9-25)24(18)16-6-3-5-15(20)11-16/h3,5-8,11,25H,4,9-10,12-13H2,1-2H3. The zero-order chi connectivity index (χ0) is 19.2. The molecule has 2 heterocycles. The number of aliphatic hydroxyl groups is 1. The van der Waals surface area contributed by atoms with Crippen molar-refractivity contribution in [2.75, 3.05) is 19.4 Å². The minimum absolute atomic E-state index is 0.175. The number of aliphatic hydroxyl groups excluding tert-OH is 1. The van der Waals surface area contributed by atoms with Crippen molar-refractivity contribution >= 4 is 34.7 Å². The molecule has 0 aliphatic carbocycles. The van der Waals surface area contributed by atoms with Crippen molar-refractivity contribution in [2.24, 2.45) is 0 Å². The van der Waals surface area contributed by atoms with Crippen molar-refractivity contribution in [3.05, 3.63) is 57.0 Å². The van der Waals surface area contributed by atoms with E-state index in [2.05, 4.69) is 45.8 Å². The SMILES string of the molecule is Cc1ccc(CN(C)Cc2nnc(SCCCO)n2-c2cccc(Cl)c2)s1. The monoisotopic (exact) mass is 422 g/mol. The van der Waals surface area contributed by atoms with Gasteiger partial charge in [0, 0.05) is 33.7 Å². The minimum Gasteiger partial charge on any atom is -0.396 e. The Morgan fingerprint density at radius 1 is 1.22 bits per heavy atom. The molecule has 144 valence electrons. The number of halogens is 1. The Labute approximate surface area is 173 Å². The molecule has 8 heteroatoms. The molecule has 1 N–H and O–H groups in total. The molecule has 27 heavy (non-hydrogen) atoms. The van der Waals surface area contributed by atoms with Crippen molar-refractivity contribution in [3.63, 3.8) is 0 Å².